The molecule has 0 saturated carbocycles. The maximum absolute atomic E-state index is 12.7. The first-order valence-electron chi connectivity index (χ1n) is 8.24. The molecular weight excluding hydrogens is 330 g/mol. The lowest BCUT2D eigenvalue weighted by Gasteiger charge is -2.19. The van der Waals surface area contributed by atoms with E-state index in [4.69, 9.17) is 0 Å². The van der Waals surface area contributed by atoms with E-state index in [0.717, 1.165) is 17.0 Å². The Balaban J connectivity index is 1.80. The topological polar surface area (TPSA) is 47.8 Å². The fourth-order valence-corrected chi connectivity index (χ4v) is 3.79. The van der Waals surface area contributed by atoms with E-state index >= 15 is 0 Å². The van der Waals surface area contributed by atoms with Gasteiger partial charge in [-0.05, 0) is 38.5 Å². The predicted octanol–water partition coefficient (Wildman–Crippen LogP) is 4.48. The molecule has 0 N–H and O–H groups in total. The number of ketones is 1. The molecule has 128 valence electrons. The number of aryl methyl sites for hydroxylation is 1. The van der Waals surface area contributed by atoms with Crippen LogP contribution >= 0.6 is 11.8 Å². The molecule has 1 aromatic carbocycles. The van der Waals surface area contributed by atoms with Gasteiger partial charge in [0.05, 0.1) is 11.8 Å². The summed E-state index contributed by atoms with van der Waals surface area (Å²) in [5, 5.41) is 0.627. The van der Waals surface area contributed by atoms with E-state index in [2.05, 4.69) is 40.5 Å². The Morgan fingerprint density at radius 2 is 1.80 bits per heavy atom. The summed E-state index contributed by atoms with van der Waals surface area (Å²) in [6, 6.07) is 14.3. The number of carbonyl (C=O) groups excluding carboxylic acids is 1. The number of aromatic nitrogens is 3. The molecule has 3 rings (SSSR count). The second-order valence-corrected chi connectivity index (χ2v) is 6.93. The van der Waals surface area contributed by atoms with Gasteiger partial charge in [-0.1, -0.05) is 42.1 Å². The van der Waals surface area contributed by atoms with Gasteiger partial charge < -0.3 is 4.57 Å². The highest BCUT2D eigenvalue weighted by atomic mass is 32.2. The van der Waals surface area contributed by atoms with Gasteiger partial charge in [-0.15, -0.1) is 0 Å². The molecule has 0 bridgehead atoms. The van der Waals surface area contributed by atoms with Crippen molar-refractivity contribution in [2.24, 2.45) is 0 Å². The second-order valence-electron chi connectivity index (χ2n) is 5.98. The van der Waals surface area contributed by atoms with Gasteiger partial charge in [-0.25, -0.2) is 9.97 Å². The Bertz CT molecular complexity index is 859. The smallest absolute Gasteiger partial charge is 0.187 e. The van der Waals surface area contributed by atoms with Crippen LogP contribution in [-0.2, 0) is 0 Å². The number of thioether (sulfide) groups is 1. The lowest BCUT2D eigenvalue weighted by molar-refractivity contribution is 0.102. The Labute approximate surface area is 152 Å². The number of hydrogen-bond donors (Lipinski definition) is 0. The van der Waals surface area contributed by atoms with E-state index in [1.807, 2.05) is 31.2 Å². The van der Waals surface area contributed by atoms with E-state index < -0.39 is 0 Å². The van der Waals surface area contributed by atoms with Crippen LogP contribution in [0.15, 0.2) is 60.0 Å². The Hall–Kier alpha value is -2.40. The van der Waals surface area contributed by atoms with Crippen molar-refractivity contribution in [2.45, 2.75) is 32.0 Å². The average Bonchev–Trinajstić information content (AvgIpc) is 2.95. The number of rotatable bonds is 6. The van der Waals surface area contributed by atoms with E-state index in [0.29, 0.717) is 10.9 Å². The van der Waals surface area contributed by atoms with Gasteiger partial charge in [-0.2, -0.15) is 0 Å². The minimum Gasteiger partial charge on any atom is -0.341 e. The lowest BCUT2D eigenvalue weighted by atomic mass is 10.1. The molecule has 0 aliphatic carbocycles. The van der Waals surface area contributed by atoms with Gasteiger partial charge in [0.25, 0.3) is 0 Å². The molecule has 0 spiro atoms. The summed E-state index contributed by atoms with van der Waals surface area (Å²) in [5.41, 5.74) is 4.12. The molecule has 4 nitrogen and oxygen atoms in total. The van der Waals surface area contributed by atoms with Crippen molar-refractivity contribution in [2.75, 3.05) is 5.75 Å². The van der Waals surface area contributed by atoms with Crippen molar-refractivity contribution in [3.05, 3.63) is 77.4 Å². The summed E-state index contributed by atoms with van der Waals surface area (Å²) < 4.78 is 2.23. The Morgan fingerprint density at radius 3 is 2.48 bits per heavy atom. The first kappa shape index (κ1) is 17.4. The molecule has 0 unspecified atom stereocenters. The van der Waals surface area contributed by atoms with Crippen molar-refractivity contribution < 1.29 is 4.79 Å². The van der Waals surface area contributed by atoms with Crippen molar-refractivity contribution in [1.82, 2.24) is 14.5 Å². The van der Waals surface area contributed by atoms with Crippen molar-refractivity contribution >= 4 is 17.5 Å². The molecule has 25 heavy (non-hydrogen) atoms. The predicted molar refractivity (Wildman–Crippen MR) is 101 cm³/mol. The zero-order valence-electron chi connectivity index (χ0n) is 14.6. The summed E-state index contributed by atoms with van der Waals surface area (Å²) in [6.45, 7) is 6.23. The number of benzene rings is 1. The van der Waals surface area contributed by atoms with Gasteiger partial charge in [0.15, 0.2) is 10.9 Å². The summed E-state index contributed by atoms with van der Waals surface area (Å²) in [4.78, 5) is 21.0. The fourth-order valence-electron chi connectivity index (χ4n) is 3.10. The average molecular weight is 351 g/mol. The van der Waals surface area contributed by atoms with Gasteiger partial charge >= 0.3 is 0 Å². The van der Waals surface area contributed by atoms with Crippen molar-refractivity contribution in [1.29, 1.82) is 0 Å². The van der Waals surface area contributed by atoms with Gasteiger partial charge in [-0.3, -0.25) is 4.79 Å². The highest BCUT2D eigenvalue weighted by Gasteiger charge is 2.19. The third-order valence-corrected chi connectivity index (χ3v) is 5.20. The minimum absolute atomic E-state index is 0.108. The van der Waals surface area contributed by atoms with Gasteiger partial charge in [0.2, 0.25) is 0 Å². The van der Waals surface area contributed by atoms with E-state index in [1.54, 1.807) is 18.5 Å². The van der Waals surface area contributed by atoms with E-state index in [-0.39, 0.29) is 11.8 Å². The summed E-state index contributed by atoms with van der Waals surface area (Å²) in [7, 11) is 0. The molecule has 0 radical (unpaired) electrons. The lowest BCUT2D eigenvalue weighted by Crippen LogP contribution is -2.11. The molecule has 1 atom stereocenters. The fraction of sp³-hybridized carbons (Fsp3) is 0.250. The standard InChI is InChI=1S/C20H21N3OS/c1-14-12-18(19(24)13-25-20-21-10-7-11-22-20)16(3)23(14)15(2)17-8-5-4-6-9-17/h4-12,15H,13H2,1-3H3/t15-/m1/s1. The monoisotopic (exact) mass is 351 g/mol. The number of carbonyl (C=O) groups is 1. The first-order valence-corrected chi connectivity index (χ1v) is 9.23. The first-order chi connectivity index (χ1) is 12.1. The van der Waals surface area contributed by atoms with Crippen molar-refractivity contribution in [3.8, 4) is 0 Å². The zero-order chi connectivity index (χ0) is 17.8. The van der Waals surface area contributed by atoms with Crippen LogP contribution < -0.4 is 0 Å². The molecule has 0 amide bonds. The summed E-state index contributed by atoms with van der Waals surface area (Å²) >= 11 is 1.37. The molecule has 2 aromatic heterocycles. The largest absolute Gasteiger partial charge is 0.341 e. The van der Waals surface area contributed by atoms with Crippen LogP contribution in [0.3, 0.4) is 0 Å². The Morgan fingerprint density at radius 1 is 1.12 bits per heavy atom. The molecular formula is C20H21N3OS. The zero-order valence-corrected chi connectivity index (χ0v) is 15.5. The van der Waals surface area contributed by atoms with E-state index in [1.165, 1.54) is 17.3 Å². The van der Waals surface area contributed by atoms with Crippen LogP contribution in [-0.4, -0.2) is 26.1 Å². The van der Waals surface area contributed by atoms with Crippen LogP contribution in [0, 0.1) is 13.8 Å². The molecule has 0 fully saturated rings. The minimum atomic E-state index is 0.108. The summed E-state index contributed by atoms with van der Waals surface area (Å²) in [6.07, 6.45) is 3.38. The SMILES string of the molecule is Cc1cc(C(=O)CSc2ncccn2)c(C)n1[C@H](C)c1ccccc1. The van der Waals surface area contributed by atoms with Crippen LogP contribution in [0.2, 0.25) is 0 Å². The highest BCUT2D eigenvalue weighted by molar-refractivity contribution is 7.99. The molecule has 2 heterocycles. The molecule has 0 aliphatic heterocycles. The second kappa shape index (κ2) is 7.66. The van der Waals surface area contributed by atoms with Crippen LogP contribution in [0.4, 0.5) is 0 Å². The normalized spacial score (nSPS) is 12.1. The number of hydrogen-bond acceptors (Lipinski definition) is 4. The summed E-state index contributed by atoms with van der Waals surface area (Å²) in [5.74, 6) is 0.450. The third-order valence-electron chi connectivity index (χ3n) is 4.33. The highest BCUT2D eigenvalue weighted by Crippen LogP contribution is 2.26. The van der Waals surface area contributed by atoms with Crippen LogP contribution in [0.5, 0.6) is 0 Å². The molecule has 3 aromatic rings. The van der Waals surface area contributed by atoms with Gasteiger partial charge in [0, 0.05) is 29.3 Å². The maximum atomic E-state index is 12.7. The van der Waals surface area contributed by atoms with Gasteiger partial charge in [0.1, 0.15) is 0 Å². The molecule has 0 aliphatic rings. The molecule has 0 saturated heterocycles. The van der Waals surface area contributed by atoms with Crippen LogP contribution in [0.1, 0.15) is 40.3 Å². The third kappa shape index (κ3) is 3.82. The quantitative estimate of drug-likeness (QED) is 0.373. The van der Waals surface area contributed by atoms with E-state index in [9.17, 15) is 4.79 Å². The number of Topliss-reactive ketones (excluding diaryl/α,β-unsaturated/α-hetero) is 1. The van der Waals surface area contributed by atoms with Crippen LogP contribution in [0.25, 0.3) is 0 Å². The Kier molecular flexibility index (Phi) is 5.34. The number of nitrogens with zero attached hydrogens (tertiary/aromatic N) is 3. The van der Waals surface area contributed by atoms with Crippen molar-refractivity contribution in [3.63, 3.8) is 0 Å². The molecule has 5 heteroatoms. The maximum Gasteiger partial charge on any atom is 0.187 e.